The molecule has 2 heterocycles. The maximum Gasteiger partial charge on any atom is 0.322 e. The van der Waals surface area contributed by atoms with Crippen LogP contribution in [-0.2, 0) is 22.5 Å². The maximum atomic E-state index is 12.6. The molecule has 0 bridgehead atoms. The van der Waals surface area contributed by atoms with E-state index in [4.69, 9.17) is 4.74 Å². The summed E-state index contributed by atoms with van der Waals surface area (Å²) < 4.78 is 7.12. The summed E-state index contributed by atoms with van der Waals surface area (Å²) in [5.74, 6) is -0.246. The van der Waals surface area contributed by atoms with E-state index in [9.17, 15) is 9.59 Å². The Hall–Kier alpha value is -2.76. The molecule has 1 aliphatic heterocycles. The van der Waals surface area contributed by atoms with Gasteiger partial charge in [0.1, 0.15) is 0 Å². The quantitative estimate of drug-likeness (QED) is 0.869. The summed E-state index contributed by atoms with van der Waals surface area (Å²) in [7, 11) is 0. The molecular weight excluding hydrogens is 318 g/mol. The van der Waals surface area contributed by atoms with E-state index in [2.05, 4.69) is 9.88 Å². The van der Waals surface area contributed by atoms with E-state index in [-0.39, 0.29) is 24.5 Å². The molecule has 1 N–H and O–H groups in total. The number of hydrogen-bond donors (Lipinski definition) is 1. The van der Waals surface area contributed by atoms with Gasteiger partial charge in [-0.2, -0.15) is 0 Å². The van der Waals surface area contributed by atoms with Crippen molar-refractivity contribution in [1.82, 2.24) is 9.47 Å². The Kier molecular flexibility index (Phi) is 5.07. The smallest absolute Gasteiger partial charge is 0.322 e. The zero-order valence-corrected chi connectivity index (χ0v) is 14.6. The molecular formula is C19H23N3O3. The minimum absolute atomic E-state index is 0.0341. The van der Waals surface area contributed by atoms with Gasteiger partial charge in [-0.1, -0.05) is 12.1 Å². The molecule has 1 unspecified atom stereocenters. The van der Waals surface area contributed by atoms with E-state index in [1.165, 1.54) is 0 Å². The molecule has 0 aliphatic carbocycles. The van der Waals surface area contributed by atoms with Crippen LogP contribution in [0.15, 0.2) is 42.6 Å². The summed E-state index contributed by atoms with van der Waals surface area (Å²) in [5.41, 5.74) is 2.72. The fourth-order valence-corrected chi connectivity index (χ4v) is 3.14. The van der Waals surface area contributed by atoms with Gasteiger partial charge in [0.2, 0.25) is 0 Å². The highest BCUT2D eigenvalue weighted by atomic mass is 16.5. The highest BCUT2D eigenvalue weighted by Gasteiger charge is 2.27. The van der Waals surface area contributed by atoms with Crippen molar-refractivity contribution in [2.24, 2.45) is 0 Å². The van der Waals surface area contributed by atoms with Crippen LogP contribution < -0.4 is 5.32 Å². The van der Waals surface area contributed by atoms with Crippen LogP contribution in [0.4, 0.5) is 10.5 Å². The van der Waals surface area contributed by atoms with Crippen molar-refractivity contribution in [3.8, 4) is 0 Å². The van der Waals surface area contributed by atoms with Gasteiger partial charge in [0.05, 0.1) is 19.1 Å². The van der Waals surface area contributed by atoms with Crippen LogP contribution in [-0.4, -0.2) is 34.6 Å². The highest BCUT2D eigenvalue weighted by Crippen LogP contribution is 2.26. The summed E-state index contributed by atoms with van der Waals surface area (Å²) in [6.07, 6.45) is 2.28. The lowest BCUT2D eigenvalue weighted by molar-refractivity contribution is -0.142. The molecule has 0 saturated carbocycles. The topological polar surface area (TPSA) is 63.6 Å². The highest BCUT2D eigenvalue weighted by molar-refractivity contribution is 5.89. The van der Waals surface area contributed by atoms with Crippen LogP contribution in [0.2, 0.25) is 0 Å². The number of carbonyl (C=O) groups excluding carboxylic acids is 2. The Bertz CT molecular complexity index is 752. The largest absolute Gasteiger partial charge is 0.466 e. The number of carbonyl (C=O) groups is 2. The number of fused-ring (bicyclic) bond motifs is 1. The number of amides is 2. The lowest BCUT2D eigenvalue weighted by atomic mass is 10.1. The first kappa shape index (κ1) is 17.1. The first-order chi connectivity index (χ1) is 12.1. The Balaban J connectivity index is 1.61. The summed E-state index contributed by atoms with van der Waals surface area (Å²) in [6, 6.07) is 11.3. The van der Waals surface area contributed by atoms with E-state index in [1.54, 1.807) is 6.92 Å². The van der Waals surface area contributed by atoms with E-state index >= 15 is 0 Å². The van der Waals surface area contributed by atoms with Crippen LogP contribution >= 0.6 is 0 Å². The van der Waals surface area contributed by atoms with Gasteiger partial charge in [0.25, 0.3) is 0 Å². The van der Waals surface area contributed by atoms with Gasteiger partial charge in [-0.05, 0) is 43.7 Å². The van der Waals surface area contributed by atoms with Gasteiger partial charge in [-0.15, -0.1) is 0 Å². The number of urea groups is 1. The average Bonchev–Trinajstić information content (AvgIpc) is 3.07. The summed E-state index contributed by atoms with van der Waals surface area (Å²) >= 11 is 0. The molecule has 132 valence electrons. The second-order valence-electron chi connectivity index (χ2n) is 6.10. The second kappa shape index (κ2) is 7.42. The van der Waals surface area contributed by atoms with Crippen LogP contribution in [0.1, 0.15) is 31.1 Å². The van der Waals surface area contributed by atoms with E-state index in [0.29, 0.717) is 18.8 Å². The van der Waals surface area contributed by atoms with E-state index in [0.717, 1.165) is 17.8 Å². The predicted molar refractivity (Wildman–Crippen MR) is 95.4 cm³/mol. The van der Waals surface area contributed by atoms with Crippen LogP contribution in [0.5, 0.6) is 0 Å². The van der Waals surface area contributed by atoms with E-state index < -0.39 is 0 Å². The zero-order valence-electron chi connectivity index (χ0n) is 14.6. The van der Waals surface area contributed by atoms with Crippen molar-refractivity contribution in [2.45, 2.75) is 32.9 Å². The number of ether oxygens (including phenoxy) is 1. The number of benzene rings is 1. The maximum absolute atomic E-state index is 12.6. The van der Waals surface area contributed by atoms with Crippen molar-refractivity contribution in [3.05, 3.63) is 53.9 Å². The summed E-state index contributed by atoms with van der Waals surface area (Å²) in [4.78, 5) is 25.9. The molecule has 1 atom stereocenters. The monoisotopic (exact) mass is 341 g/mol. The van der Waals surface area contributed by atoms with E-state index in [1.807, 2.05) is 54.4 Å². The Morgan fingerprint density at radius 2 is 1.96 bits per heavy atom. The number of esters is 1. The van der Waals surface area contributed by atoms with Gasteiger partial charge in [-0.3, -0.25) is 4.79 Å². The number of nitrogens with one attached hydrogen (secondary N) is 1. The molecule has 2 amide bonds. The lowest BCUT2D eigenvalue weighted by Crippen LogP contribution is -2.42. The van der Waals surface area contributed by atoms with Crippen LogP contribution in [0.3, 0.4) is 0 Å². The molecule has 0 fully saturated rings. The molecule has 1 aromatic heterocycles. The second-order valence-corrected chi connectivity index (χ2v) is 6.10. The zero-order chi connectivity index (χ0) is 17.8. The first-order valence-electron chi connectivity index (χ1n) is 8.55. The molecule has 0 spiro atoms. The summed E-state index contributed by atoms with van der Waals surface area (Å²) in [6.45, 7) is 5.68. The summed E-state index contributed by atoms with van der Waals surface area (Å²) in [5, 5.41) is 2.93. The molecule has 0 saturated heterocycles. The molecule has 25 heavy (non-hydrogen) atoms. The number of anilines is 1. The third kappa shape index (κ3) is 3.84. The van der Waals surface area contributed by atoms with Crippen molar-refractivity contribution < 1.29 is 14.3 Å². The molecule has 2 aromatic rings. The van der Waals surface area contributed by atoms with Gasteiger partial charge >= 0.3 is 12.0 Å². The minimum Gasteiger partial charge on any atom is -0.466 e. The van der Waals surface area contributed by atoms with Gasteiger partial charge in [0, 0.05) is 30.7 Å². The number of rotatable bonds is 4. The van der Waals surface area contributed by atoms with Crippen molar-refractivity contribution in [2.75, 3.05) is 18.5 Å². The first-order valence-corrected chi connectivity index (χ1v) is 8.55. The normalized spacial score (nSPS) is 16.2. The Labute approximate surface area is 147 Å². The molecule has 6 heteroatoms. The van der Waals surface area contributed by atoms with Crippen molar-refractivity contribution >= 4 is 17.7 Å². The Morgan fingerprint density at radius 1 is 1.20 bits per heavy atom. The molecule has 1 aromatic carbocycles. The Morgan fingerprint density at radius 3 is 2.68 bits per heavy atom. The fraction of sp³-hybridized carbons (Fsp3) is 0.368. The van der Waals surface area contributed by atoms with Crippen LogP contribution in [0, 0.1) is 0 Å². The number of nitrogens with zero attached hydrogens (tertiary/aromatic N) is 2. The molecule has 0 radical (unpaired) electrons. The third-order valence-corrected chi connectivity index (χ3v) is 4.46. The SMILES string of the molecule is CCOC(=O)Cc1ccc(NC(=O)N2CCn3cccc3C2C)cc1. The fourth-order valence-electron chi connectivity index (χ4n) is 3.14. The van der Waals surface area contributed by atoms with Gasteiger partial charge < -0.3 is 19.5 Å². The van der Waals surface area contributed by atoms with Crippen LogP contribution in [0.25, 0.3) is 0 Å². The lowest BCUT2D eigenvalue weighted by Gasteiger charge is -2.34. The molecule has 1 aliphatic rings. The third-order valence-electron chi connectivity index (χ3n) is 4.46. The van der Waals surface area contributed by atoms with Crippen molar-refractivity contribution in [3.63, 3.8) is 0 Å². The van der Waals surface area contributed by atoms with Gasteiger partial charge in [0.15, 0.2) is 0 Å². The van der Waals surface area contributed by atoms with Crippen molar-refractivity contribution in [1.29, 1.82) is 0 Å². The molecule has 3 rings (SSSR count). The predicted octanol–water partition coefficient (Wildman–Crippen LogP) is 3.20. The minimum atomic E-state index is -0.246. The molecule has 6 nitrogen and oxygen atoms in total. The average molecular weight is 341 g/mol. The van der Waals surface area contributed by atoms with Gasteiger partial charge in [-0.25, -0.2) is 4.79 Å². The number of aromatic nitrogens is 1. The standard InChI is InChI=1S/C19H23N3O3/c1-3-25-18(23)13-15-6-8-16(9-7-15)20-19(24)22-12-11-21-10-4-5-17(21)14(22)2/h4-10,14H,3,11-13H2,1-2H3,(H,20,24). The number of hydrogen-bond acceptors (Lipinski definition) is 3.